The molecule has 1 fully saturated rings. The highest BCUT2D eigenvalue weighted by molar-refractivity contribution is 5.84. The van der Waals surface area contributed by atoms with Crippen molar-refractivity contribution in [2.45, 2.75) is 71.4 Å². The highest BCUT2D eigenvalue weighted by Crippen LogP contribution is 2.46. The van der Waals surface area contributed by atoms with Gasteiger partial charge in [0, 0.05) is 17.0 Å². The molecule has 3 rings (SSSR count). The fourth-order valence-electron chi connectivity index (χ4n) is 2.97. The van der Waals surface area contributed by atoms with E-state index in [4.69, 9.17) is 4.42 Å². The van der Waals surface area contributed by atoms with E-state index >= 15 is 0 Å². The largest absolute Gasteiger partial charge is 0.459 e. The number of hydrogen-bond acceptors (Lipinski definition) is 2. The van der Waals surface area contributed by atoms with Crippen molar-refractivity contribution in [1.29, 1.82) is 0 Å². The molecular weight excluding hydrogens is 258 g/mol. The molecule has 0 spiro atoms. The minimum Gasteiger partial charge on any atom is -0.459 e. The molecule has 0 radical (unpaired) electrons. The molecule has 2 nitrogen and oxygen atoms in total. The van der Waals surface area contributed by atoms with Crippen LogP contribution >= 0.6 is 0 Å². The number of hydrogen-bond donors (Lipinski definition) is 1. The summed E-state index contributed by atoms with van der Waals surface area (Å²) in [5.41, 5.74) is 3.98. The van der Waals surface area contributed by atoms with Gasteiger partial charge in [0.15, 0.2) is 0 Å². The van der Waals surface area contributed by atoms with E-state index in [9.17, 15) is 0 Å². The third kappa shape index (κ3) is 3.01. The summed E-state index contributed by atoms with van der Waals surface area (Å²) in [4.78, 5) is 0. The lowest BCUT2D eigenvalue weighted by Gasteiger charge is -2.09. The molecule has 1 N–H and O–H groups in total. The monoisotopic (exact) mass is 285 g/mol. The van der Waals surface area contributed by atoms with Gasteiger partial charge in [-0.05, 0) is 48.8 Å². The third-order valence-corrected chi connectivity index (χ3v) is 4.67. The maximum absolute atomic E-state index is 6.16. The molecule has 0 aliphatic heterocycles. The van der Waals surface area contributed by atoms with E-state index in [1.807, 2.05) is 0 Å². The van der Waals surface area contributed by atoms with Gasteiger partial charge in [0.2, 0.25) is 0 Å². The fourth-order valence-corrected chi connectivity index (χ4v) is 2.97. The zero-order valence-electron chi connectivity index (χ0n) is 13.7. The number of furan rings is 1. The highest BCUT2D eigenvalue weighted by atomic mass is 16.3. The van der Waals surface area contributed by atoms with Gasteiger partial charge in [0.25, 0.3) is 0 Å². The maximum atomic E-state index is 6.16. The van der Waals surface area contributed by atoms with E-state index in [1.165, 1.54) is 35.8 Å². The van der Waals surface area contributed by atoms with Crippen molar-refractivity contribution in [2.75, 3.05) is 0 Å². The zero-order valence-corrected chi connectivity index (χ0v) is 13.7. The van der Waals surface area contributed by atoms with Crippen molar-refractivity contribution in [3.05, 3.63) is 35.1 Å². The molecule has 1 atom stereocenters. The van der Waals surface area contributed by atoms with Gasteiger partial charge in [0.1, 0.15) is 11.3 Å². The van der Waals surface area contributed by atoms with Gasteiger partial charge in [-0.15, -0.1) is 0 Å². The van der Waals surface area contributed by atoms with Crippen LogP contribution in [0, 0.1) is 0 Å². The second-order valence-electron chi connectivity index (χ2n) is 6.81. The molecule has 1 aliphatic rings. The number of rotatable bonds is 6. The van der Waals surface area contributed by atoms with Gasteiger partial charge in [-0.3, -0.25) is 0 Å². The molecule has 1 aromatic heterocycles. The molecule has 0 bridgehead atoms. The molecule has 114 valence electrons. The minimum absolute atomic E-state index is 0.487. The van der Waals surface area contributed by atoms with Crippen LogP contribution in [0.3, 0.4) is 0 Å². The van der Waals surface area contributed by atoms with Crippen LogP contribution < -0.4 is 5.32 Å². The van der Waals surface area contributed by atoms with Crippen LogP contribution in [0.25, 0.3) is 11.0 Å². The Labute approximate surface area is 127 Å². The van der Waals surface area contributed by atoms with Crippen LogP contribution in [0.15, 0.2) is 22.6 Å². The summed E-state index contributed by atoms with van der Waals surface area (Å²) in [5.74, 6) is 2.50. The molecule has 1 heterocycles. The molecule has 2 heteroatoms. The summed E-state index contributed by atoms with van der Waals surface area (Å²) < 4.78 is 6.16. The standard InChI is InChI=1S/C19H27NO/c1-5-13(4)15-8-9-17-16(10-15)19(14-6-7-14)18(21-17)11-20-12(2)3/h8-10,12-14,20H,5-7,11H2,1-4H3. The van der Waals surface area contributed by atoms with Crippen LogP contribution in [-0.4, -0.2) is 6.04 Å². The molecule has 2 aromatic rings. The lowest BCUT2D eigenvalue weighted by atomic mass is 9.95. The Morgan fingerprint density at radius 1 is 1.24 bits per heavy atom. The van der Waals surface area contributed by atoms with E-state index in [0.717, 1.165) is 23.8 Å². The predicted octanol–water partition coefficient (Wildman–Crippen LogP) is 5.32. The van der Waals surface area contributed by atoms with Gasteiger partial charge in [0.05, 0.1) is 6.54 Å². The molecule has 21 heavy (non-hydrogen) atoms. The Morgan fingerprint density at radius 2 is 2.00 bits per heavy atom. The molecular formula is C19H27NO. The van der Waals surface area contributed by atoms with E-state index in [1.54, 1.807) is 0 Å². The van der Waals surface area contributed by atoms with Crippen molar-refractivity contribution < 1.29 is 4.42 Å². The minimum atomic E-state index is 0.487. The van der Waals surface area contributed by atoms with Crippen LogP contribution in [0.4, 0.5) is 0 Å². The van der Waals surface area contributed by atoms with E-state index in [-0.39, 0.29) is 0 Å². The van der Waals surface area contributed by atoms with E-state index < -0.39 is 0 Å². The second kappa shape index (κ2) is 5.84. The molecule has 0 saturated heterocycles. The van der Waals surface area contributed by atoms with Crippen molar-refractivity contribution >= 4 is 11.0 Å². The second-order valence-corrected chi connectivity index (χ2v) is 6.81. The smallest absolute Gasteiger partial charge is 0.134 e. The Hall–Kier alpha value is -1.28. The highest BCUT2D eigenvalue weighted by Gasteiger charge is 2.30. The summed E-state index contributed by atoms with van der Waals surface area (Å²) in [6.45, 7) is 9.76. The fraction of sp³-hybridized carbons (Fsp3) is 0.579. The van der Waals surface area contributed by atoms with Crippen molar-refractivity contribution in [1.82, 2.24) is 5.32 Å². The van der Waals surface area contributed by atoms with E-state index in [0.29, 0.717) is 12.0 Å². The van der Waals surface area contributed by atoms with Crippen molar-refractivity contribution in [3.8, 4) is 0 Å². The summed E-state index contributed by atoms with van der Waals surface area (Å²) >= 11 is 0. The molecule has 1 unspecified atom stereocenters. The van der Waals surface area contributed by atoms with Gasteiger partial charge in [-0.2, -0.15) is 0 Å². The Kier molecular flexibility index (Phi) is 4.08. The lowest BCUT2D eigenvalue weighted by molar-refractivity contribution is 0.483. The first-order valence-electron chi connectivity index (χ1n) is 8.38. The van der Waals surface area contributed by atoms with Crippen LogP contribution in [0.1, 0.15) is 75.7 Å². The summed E-state index contributed by atoms with van der Waals surface area (Å²) in [7, 11) is 0. The lowest BCUT2D eigenvalue weighted by Crippen LogP contribution is -2.22. The molecule has 1 aromatic carbocycles. The van der Waals surface area contributed by atoms with Gasteiger partial charge < -0.3 is 9.73 Å². The first kappa shape index (κ1) is 14.6. The Bertz CT molecular complexity index is 622. The zero-order chi connectivity index (χ0) is 15.0. The average Bonchev–Trinajstić information content (AvgIpc) is 3.24. The maximum Gasteiger partial charge on any atom is 0.134 e. The summed E-state index contributed by atoms with van der Waals surface area (Å²) in [6.07, 6.45) is 3.82. The number of nitrogens with one attached hydrogen (secondary N) is 1. The van der Waals surface area contributed by atoms with Crippen molar-refractivity contribution in [2.24, 2.45) is 0 Å². The van der Waals surface area contributed by atoms with Crippen LogP contribution in [0.2, 0.25) is 0 Å². The average molecular weight is 285 g/mol. The van der Waals surface area contributed by atoms with Gasteiger partial charge in [-0.25, -0.2) is 0 Å². The van der Waals surface area contributed by atoms with Crippen LogP contribution in [-0.2, 0) is 6.54 Å². The number of fused-ring (bicyclic) bond motifs is 1. The quantitative estimate of drug-likeness (QED) is 0.777. The Morgan fingerprint density at radius 3 is 2.62 bits per heavy atom. The van der Waals surface area contributed by atoms with Crippen molar-refractivity contribution in [3.63, 3.8) is 0 Å². The molecule has 1 aliphatic carbocycles. The predicted molar refractivity (Wildman–Crippen MR) is 88.9 cm³/mol. The first-order chi connectivity index (χ1) is 10.1. The Balaban J connectivity index is 2.01. The van der Waals surface area contributed by atoms with Gasteiger partial charge in [-0.1, -0.05) is 33.8 Å². The third-order valence-electron chi connectivity index (χ3n) is 4.67. The summed E-state index contributed by atoms with van der Waals surface area (Å²) in [6, 6.07) is 7.26. The molecule has 1 saturated carbocycles. The SMILES string of the molecule is CCC(C)c1ccc2oc(CNC(C)C)c(C3CC3)c2c1. The van der Waals surface area contributed by atoms with Crippen LogP contribution in [0.5, 0.6) is 0 Å². The normalized spacial score (nSPS) is 16.8. The topological polar surface area (TPSA) is 25.2 Å². The molecule has 0 amide bonds. The number of benzene rings is 1. The van der Waals surface area contributed by atoms with Gasteiger partial charge >= 0.3 is 0 Å². The summed E-state index contributed by atoms with van der Waals surface area (Å²) in [5, 5.41) is 4.86. The van der Waals surface area contributed by atoms with E-state index in [2.05, 4.69) is 51.2 Å². The first-order valence-corrected chi connectivity index (χ1v) is 8.38.